The zero-order valence-electron chi connectivity index (χ0n) is 17.4. The van der Waals surface area contributed by atoms with Crippen molar-refractivity contribution in [2.75, 3.05) is 29.4 Å². The number of nitrogens with one attached hydrogen (secondary N) is 1. The van der Waals surface area contributed by atoms with Crippen molar-refractivity contribution in [3.8, 4) is 0 Å². The summed E-state index contributed by atoms with van der Waals surface area (Å²) in [5, 5.41) is 3.07. The number of hydrogen-bond acceptors (Lipinski definition) is 5. The summed E-state index contributed by atoms with van der Waals surface area (Å²) in [5.74, 6) is 0.281. The second-order valence-electron chi connectivity index (χ2n) is 8.26. The van der Waals surface area contributed by atoms with Gasteiger partial charge in [0, 0.05) is 44.2 Å². The number of piperidine rings is 1. The minimum absolute atomic E-state index is 0.00197. The normalized spacial score (nSPS) is 17.5. The molecule has 0 spiro atoms. The molecule has 2 fully saturated rings. The quantitative estimate of drug-likeness (QED) is 0.686. The molecular formula is C24H26N4O3. The molecule has 2 saturated heterocycles. The number of amides is 2. The minimum Gasteiger partial charge on any atom is -0.423 e. The van der Waals surface area contributed by atoms with Crippen LogP contribution in [0.1, 0.15) is 31.2 Å². The lowest BCUT2D eigenvalue weighted by atomic mass is 9.96. The Morgan fingerprint density at radius 3 is 2.55 bits per heavy atom. The van der Waals surface area contributed by atoms with Gasteiger partial charge in [0.15, 0.2) is 5.58 Å². The van der Waals surface area contributed by atoms with Crippen LogP contribution in [-0.2, 0) is 16.1 Å². The van der Waals surface area contributed by atoms with Crippen LogP contribution in [-0.4, -0.2) is 36.4 Å². The summed E-state index contributed by atoms with van der Waals surface area (Å²) in [4.78, 5) is 33.0. The zero-order chi connectivity index (χ0) is 21.2. The van der Waals surface area contributed by atoms with E-state index in [0.29, 0.717) is 19.0 Å². The molecule has 2 aliphatic heterocycles. The van der Waals surface area contributed by atoms with Crippen LogP contribution >= 0.6 is 0 Å². The largest absolute Gasteiger partial charge is 0.423 e. The highest BCUT2D eigenvalue weighted by Gasteiger charge is 2.27. The first-order valence-corrected chi connectivity index (χ1v) is 10.9. The molecule has 0 radical (unpaired) electrons. The molecule has 0 saturated carbocycles. The van der Waals surface area contributed by atoms with E-state index in [1.807, 2.05) is 53.4 Å². The number of oxazole rings is 1. The lowest BCUT2D eigenvalue weighted by Gasteiger charge is -2.30. The molecule has 1 N–H and O–H groups in total. The van der Waals surface area contributed by atoms with Crippen LogP contribution < -0.4 is 15.1 Å². The van der Waals surface area contributed by atoms with E-state index in [-0.39, 0.29) is 17.7 Å². The van der Waals surface area contributed by atoms with E-state index in [1.54, 1.807) is 0 Å². The lowest BCUT2D eigenvalue weighted by Crippen LogP contribution is -2.40. The third kappa shape index (κ3) is 4.13. The lowest BCUT2D eigenvalue weighted by molar-refractivity contribution is -0.125. The molecule has 7 nitrogen and oxygen atoms in total. The topological polar surface area (TPSA) is 78.7 Å². The Morgan fingerprint density at radius 1 is 1.06 bits per heavy atom. The van der Waals surface area contributed by atoms with Gasteiger partial charge in [-0.3, -0.25) is 9.59 Å². The predicted octanol–water partition coefficient (Wildman–Crippen LogP) is 3.49. The summed E-state index contributed by atoms with van der Waals surface area (Å²) in [7, 11) is 0. The molecule has 2 aromatic carbocycles. The van der Waals surface area contributed by atoms with Gasteiger partial charge >= 0.3 is 0 Å². The van der Waals surface area contributed by atoms with Gasteiger partial charge in [0.25, 0.3) is 6.01 Å². The monoisotopic (exact) mass is 418 g/mol. The molecule has 7 heteroatoms. The summed E-state index contributed by atoms with van der Waals surface area (Å²) < 4.78 is 5.85. The number of rotatable bonds is 5. The highest BCUT2D eigenvalue weighted by atomic mass is 16.4. The fourth-order valence-electron chi connectivity index (χ4n) is 4.38. The summed E-state index contributed by atoms with van der Waals surface area (Å²) in [6.45, 7) is 2.79. The summed E-state index contributed by atoms with van der Waals surface area (Å²) in [6, 6.07) is 16.3. The fraction of sp³-hybridized carbons (Fsp3) is 0.375. The first-order chi connectivity index (χ1) is 15.2. The fourth-order valence-corrected chi connectivity index (χ4v) is 4.38. The summed E-state index contributed by atoms with van der Waals surface area (Å²) in [6.07, 6.45) is 3.10. The number of carbonyl (C=O) groups excluding carboxylic acids is 2. The molecular weight excluding hydrogens is 392 g/mol. The standard InChI is InChI=1S/C24H26N4O3/c29-22-6-3-13-28(22)19-9-7-17(8-10-19)16-25-23(30)18-11-14-27(15-12-18)24-26-20-4-1-2-5-21(20)31-24/h1-2,4-5,7-10,18H,3,6,11-16H2,(H,25,30). The van der Waals surface area contributed by atoms with E-state index in [4.69, 9.17) is 4.42 Å². The van der Waals surface area contributed by atoms with Gasteiger partial charge in [0.1, 0.15) is 5.52 Å². The van der Waals surface area contributed by atoms with Gasteiger partial charge in [0.05, 0.1) is 0 Å². The number of hydrogen-bond donors (Lipinski definition) is 1. The number of nitrogens with zero attached hydrogens (tertiary/aromatic N) is 3. The van der Waals surface area contributed by atoms with E-state index < -0.39 is 0 Å². The Balaban J connectivity index is 1.12. The number of fused-ring (bicyclic) bond motifs is 1. The zero-order valence-corrected chi connectivity index (χ0v) is 17.4. The molecule has 2 amide bonds. The Labute approximate surface area is 181 Å². The van der Waals surface area contributed by atoms with Crippen molar-refractivity contribution in [1.82, 2.24) is 10.3 Å². The van der Waals surface area contributed by atoms with Gasteiger partial charge < -0.3 is 19.5 Å². The van der Waals surface area contributed by atoms with Crippen LogP contribution in [0.3, 0.4) is 0 Å². The molecule has 0 bridgehead atoms. The molecule has 0 unspecified atom stereocenters. The first-order valence-electron chi connectivity index (χ1n) is 10.9. The maximum atomic E-state index is 12.7. The van der Waals surface area contributed by atoms with Crippen molar-refractivity contribution in [1.29, 1.82) is 0 Å². The SMILES string of the molecule is O=C(NCc1ccc(N2CCCC2=O)cc1)C1CCN(c2nc3ccccc3o2)CC1. The van der Waals surface area contributed by atoms with Crippen LogP contribution in [0.2, 0.25) is 0 Å². The third-order valence-electron chi connectivity index (χ3n) is 6.21. The van der Waals surface area contributed by atoms with Gasteiger partial charge in [-0.2, -0.15) is 4.98 Å². The van der Waals surface area contributed by atoms with Gasteiger partial charge in [-0.05, 0) is 49.1 Å². The molecule has 0 atom stereocenters. The molecule has 1 aromatic heterocycles. The van der Waals surface area contributed by atoms with Crippen molar-refractivity contribution in [3.05, 3.63) is 54.1 Å². The van der Waals surface area contributed by atoms with Crippen molar-refractivity contribution in [3.63, 3.8) is 0 Å². The van der Waals surface area contributed by atoms with E-state index >= 15 is 0 Å². The van der Waals surface area contributed by atoms with Gasteiger partial charge in [0.2, 0.25) is 11.8 Å². The highest BCUT2D eigenvalue weighted by Crippen LogP contribution is 2.26. The van der Waals surface area contributed by atoms with E-state index in [2.05, 4.69) is 15.2 Å². The van der Waals surface area contributed by atoms with Gasteiger partial charge in [-0.1, -0.05) is 24.3 Å². The Morgan fingerprint density at radius 2 is 1.84 bits per heavy atom. The average molecular weight is 418 g/mol. The first kappa shape index (κ1) is 19.6. The minimum atomic E-state index is 0.00197. The second kappa shape index (κ2) is 8.41. The van der Waals surface area contributed by atoms with Gasteiger partial charge in [-0.15, -0.1) is 0 Å². The molecule has 3 heterocycles. The van der Waals surface area contributed by atoms with Crippen LogP contribution in [0.15, 0.2) is 52.9 Å². The summed E-state index contributed by atoms with van der Waals surface area (Å²) in [5.41, 5.74) is 3.62. The number of aromatic nitrogens is 1. The van der Waals surface area contributed by atoms with Crippen molar-refractivity contribution >= 4 is 34.6 Å². The number of para-hydroxylation sites is 2. The number of benzene rings is 2. The average Bonchev–Trinajstić information content (AvgIpc) is 3.44. The molecule has 160 valence electrons. The molecule has 0 aliphatic carbocycles. The Hall–Kier alpha value is -3.35. The van der Waals surface area contributed by atoms with Crippen LogP contribution in [0.5, 0.6) is 0 Å². The molecule has 31 heavy (non-hydrogen) atoms. The van der Waals surface area contributed by atoms with Crippen molar-refractivity contribution in [2.24, 2.45) is 5.92 Å². The van der Waals surface area contributed by atoms with Crippen LogP contribution in [0.25, 0.3) is 11.1 Å². The maximum absolute atomic E-state index is 12.7. The maximum Gasteiger partial charge on any atom is 0.298 e. The molecule has 2 aliphatic rings. The third-order valence-corrected chi connectivity index (χ3v) is 6.21. The number of anilines is 2. The highest BCUT2D eigenvalue weighted by molar-refractivity contribution is 5.95. The van der Waals surface area contributed by atoms with E-state index in [0.717, 1.165) is 61.2 Å². The smallest absolute Gasteiger partial charge is 0.298 e. The van der Waals surface area contributed by atoms with Crippen LogP contribution in [0.4, 0.5) is 11.7 Å². The van der Waals surface area contributed by atoms with E-state index in [9.17, 15) is 9.59 Å². The van der Waals surface area contributed by atoms with Crippen molar-refractivity contribution in [2.45, 2.75) is 32.2 Å². The Bertz CT molecular complexity index is 1050. The van der Waals surface area contributed by atoms with Gasteiger partial charge in [-0.25, -0.2) is 0 Å². The number of carbonyl (C=O) groups is 2. The predicted molar refractivity (Wildman–Crippen MR) is 119 cm³/mol. The molecule has 5 rings (SSSR count). The van der Waals surface area contributed by atoms with Crippen molar-refractivity contribution < 1.29 is 14.0 Å². The summed E-state index contributed by atoms with van der Waals surface area (Å²) >= 11 is 0. The Kier molecular flexibility index (Phi) is 5.32. The second-order valence-corrected chi connectivity index (χ2v) is 8.26. The van der Waals surface area contributed by atoms with Crippen LogP contribution in [0, 0.1) is 5.92 Å². The molecule has 3 aromatic rings. The van der Waals surface area contributed by atoms with E-state index in [1.165, 1.54) is 0 Å².